The number of anilines is 2. The van der Waals surface area contributed by atoms with Crippen LogP contribution < -0.4 is 11.5 Å². The smallest absolute Gasteiger partial charge is 0.225 e. The van der Waals surface area contributed by atoms with Gasteiger partial charge in [0, 0.05) is 10.2 Å². The van der Waals surface area contributed by atoms with Crippen LogP contribution in [0.2, 0.25) is 0 Å². The molecule has 0 spiro atoms. The van der Waals surface area contributed by atoms with E-state index in [2.05, 4.69) is 30.9 Å². The summed E-state index contributed by atoms with van der Waals surface area (Å²) in [6.07, 6.45) is 0. The first kappa shape index (κ1) is 13.0. The summed E-state index contributed by atoms with van der Waals surface area (Å²) in [6, 6.07) is 4.50. The standard InChI is InChI=1S/C10H9BrFN5S/c11-7-3-6(12)2-1-5(7)4-18-10-16-8(13)15-9(14)17-10/h1-3H,4H2,(H4,13,14,15,16,17). The molecule has 0 aliphatic carbocycles. The molecule has 0 atom stereocenters. The third kappa shape index (κ3) is 3.30. The van der Waals surface area contributed by atoms with E-state index in [1.807, 2.05) is 0 Å². The first-order valence-corrected chi connectivity index (χ1v) is 6.66. The summed E-state index contributed by atoms with van der Waals surface area (Å²) < 4.78 is 13.6. The highest BCUT2D eigenvalue weighted by Gasteiger charge is 2.06. The van der Waals surface area contributed by atoms with Crippen molar-refractivity contribution in [2.75, 3.05) is 11.5 Å². The molecule has 0 saturated carbocycles. The molecule has 0 bridgehead atoms. The number of hydrogen-bond donors (Lipinski definition) is 2. The van der Waals surface area contributed by atoms with Gasteiger partial charge in [0.1, 0.15) is 5.82 Å². The van der Waals surface area contributed by atoms with Crippen molar-refractivity contribution in [3.63, 3.8) is 0 Å². The van der Waals surface area contributed by atoms with Crippen LogP contribution in [-0.4, -0.2) is 15.0 Å². The van der Waals surface area contributed by atoms with Crippen LogP contribution in [0.25, 0.3) is 0 Å². The van der Waals surface area contributed by atoms with Crippen molar-refractivity contribution in [1.82, 2.24) is 15.0 Å². The zero-order chi connectivity index (χ0) is 13.1. The van der Waals surface area contributed by atoms with Crippen molar-refractivity contribution < 1.29 is 4.39 Å². The summed E-state index contributed by atoms with van der Waals surface area (Å²) in [5, 5.41) is 0.441. The Balaban J connectivity index is 2.11. The maximum absolute atomic E-state index is 12.9. The van der Waals surface area contributed by atoms with Crippen LogP contribution in [-0.2, 0) is 5.75 Å². The van der Waals surface area contributed by atoms with Gasteiger partial charge in [-0.15, -0.1) is 0 Å². The lowest BCUT2D eigenvalue weighted by Crippen LogP contribution is -2.03. The molecule has 0 aliphatic rings. The molecule has 0 radical (unpaired) electrons. The van der Waals surface area contributed by atoms with E-state index >= 15 is 0 Å². The summed E-state index contributed by atoms with van der Waals surface area (Å²) in [5.74, 6) is 0.458. The van der Waals surface area contributed by atoms with Crippen LogP contribution in [0.3, 0.4) is 0 Å². The molecule has 1 aromatic heterocycles. The summed E-state index contributed by atoms with van der Waals surface area (Å²) in [7, 11) is 0. The fourth-order valence-electron chi connectivity index (χ4n) is 1.23. The third-order valence-electron chi connectivity index (χ3n) is 2.02. The normalized spacial score (nSPS) is 10.6. The number of rotatable bonds is 3. The Morgan fingerprint density at radius 3 is 2.44 bits per heavy atom. The van der Waals surface area contributed by atoms with Crippen molar-refractivity contribution in [2.24, 2.45) is 0 Å². The SMILES string of the molecule is Nc1nc(N)nc(SCc2ccc(F)cc2Br)n1. The number of thioether (sulfide) groups is 1. The molecule has 8 heteroatoms. The van der Waals surface area contributed by atoms with Crippen LogP contribution in [0.4, 0.5) is 16.3 Å². The zero-order valence-electron chi connectivity index (χ0n) is 9.10. The van der Waals surface area contributed by atoms with Gasteiger partial charge >= 0.3 is 0 Å². The topological polar surface area (TPSA) is 90.7 Å². The van der Waals surface area contributed by atoms with Gasteiger partial charge in [0.2, 0.25) is 11.9 Å². The van der Waals surface area contributed by atoms with E-state index in [-0.39, 0.29) is 17.7 Å². The monoisotopic (exact) mass is 329 g/mol. The van der Waals surface area contributed by atoms with Crippen LogP contribution in [0.1, 0.15) is 5.56 Å². The van der Waals surface area contributed by atoms with E-state index in [0.29, 0.717) is 15.4 Å². The maximum atomic E-state index is 12.9. The van der Waals surface area contributed by atoms with Crippen LogP contribution >= 0.6 is 27.7 Å². The Morgan fingerprint density at radius 1 is 1.17 bits per heavy atom. The molecule has 0 unspecified atom stereocenters. The fraction of sp³-hybridized carbons (Fsp3) is 0.100. The van der Waals surface area contributed by atoms with Crippen molar-refractivity contribution in [2.45, 2.75) is 10.9 Å². The molecular formula is C10H9BrFN5S. The maximum Gasteiger partial charge on any atom is 0.225 e. The lowest BCUT2D eigenvalue weighted by molar-refractivity contribution is 0.626. The quantitative estimate of drug-likeness (QED) is 0.839. The minimum atomic E-state index is -0.288. The summed E-state index contributed by atoms with van der Waals surface area (Å²) in [5.41, 5.74) is 11.9. The van der Waals surface area contributed by atoms with Crippen molar-refractivity contribution in [3.05, 3.63) is 34.1 Å². The molecule has 5 nitrogen and oxygen atoms in total. The predicted octanol–water partition coefficient (Wildman–Crippen LogP) is 2.23. The first-order valence-electron chi connectivity index (χ1n) is 4.88. The molecular weight excluding hydrogens is 321 g/mol. The molecule has 1 aromatic carbocycles. The third-order valence-corrected chi connectivity index (χ3v) is 3.66. The van der Waals surface area contributed by atoms with E-state index in [4.69, 9.17) is 11.5 Å². The van der Waals surface area contributed by atoms with Crippen LogP contribution in [0, 0.1) is 5.82 Å². The Hall–Kier alpha value is -1.41. The number of nitrogens with two attached hydrogens (primary N) is 2. The summed E-state index contributed by atoms with van der Waals surface area (Å²) in [6.45, 7) is 0. The van der Waals surface area contributed by atoms with E-state index in [1.54, 1.807) is 6.07 Å². The number of hydrogen-bond acceptors (Lipinski definition) is 6. The second-order valence-corrected chi connectivity index (χ2v) is 5.16. The molecule has 4 N–H and O–H groups in total. The van der Waals surface area contributed by atoms with Crippen molar-refractivity contribution >= 4 is 39.6 Å². The van der Waals surface area contributed by atoms with E-state index in [9.17, 15) is 4.39 Å². The van der Waals surface area contributed by atoms with Gasteiger partial charge in [-0.2, -0.15) is 15.0 Å². The summed E-state index contributed by atoms with van der Waals surface area (Å²) in [4.78, 5) is 11.6. The summed E-state index contributed by atoms with van der Waals surface area (Å²) >= 11 is 4.64. The minimum Gasteiger partial charge on any atom is -0.368 e. The molecule has 0 amide bonds. The highest BCUT2D eigenvalue weighted by Crippen LogP contribution is 2.25. The second kappa shape index (κ2) is 5.49. The Bertz CT molecular complexity index is 560. The Morgan fingerprint density at radius 2 is 1.83 bits per heavy atom. The average molecular weight is 330 g/mol. The molecule has 0 saturated heterocycles. The zero-order valence-corrected chi connectivity index (χ0v) is 11.5. The molecule has 1 heterocycles. The van der Waals surface area contributed by atoms with Crippen molar-refractivity contribution in [3.8, 4) is 0 Å². The predicted molar refractivity (Wildman–Crippen MR) is 72.3 cm³/mol. The van der Waals surface area contributed by atoms with E-state index < -0.39 is 0 Å². The first-order chi connectivity index (χ1) is 8.54. The number of aromatic nitrogens is 3. The van der Waals surface area contributed by atoms with Gasteiger partial charge in [-0.3, -0.25) is 0 Å². The molecule has 94 valence electrons. The molecule has 18 heavy (non-hydrogen) atoms. The number of benzene rings is 1. The van der Waals surface area contributed by atoms with Gasteiger partial charge in [-0.05, 0) is 17.7 Å². The van der Waals surface area contributed by atoms with Gasteiger partial charge < -0.3 is 11.5 Å². The lowest BCUT2D eigenvalue weighted by atomic mass is 10.2. The van der Waals surface area contributed by atoms with Gasteiger partial charge in [0.25, 0.3) is 0 Å². The van der Waals surface area contributed by atoms with Crippen molar-refractivity contribution in [1.29, 1.82) is 0 Å². The van der Waals surface area contributed by atoms with E-state index in [0.717, 1.165) is 5.56 Å². The fourth-order valence-corrected chi connectivity index (χ4v) is 2.76. The number of halogens is 2. The highest BCUT2D eigenvalue weighted by molar-refractivity contribution is 9.10. The Labute approximate surface area is 115 Å². The average Bonchev–Trinajstić information content (AvgIpc) is 2.26. The van der Waals surface area contributed by atoms with Gasteiger partial charge in [0.15, 0.2) is 5.16 Å². The van der Waals surface area contributed by atoms with Gasteiger partial charge in [-0.1, -0.05) is 33.8 Å². The highest BCUT2D eigenvalue weighted by atomic mass is 79.9. The Kier molecular flexibility index (Phi) is 3.97. The van der Waals surface area contributed by atoms with E-state index in [1.165, 1.54) is 23.9 Å². The van der Waals surface area contributed by atoms with Gasteiger partial charge in [-0.25, -0.2) is 4.39 Å². The van der Waals surface area contributed by atoms with Crippen LogP contribution in [0.15, 0.2) is 27.8 Å². The minimum absolute atomic E-state index is 0.0863. The number of nitrogen functional groups attached to an aromatic ring is 2. The molecule has 2 rings (SSSR count). The largest absolute Gasteiger partial charge is 0.368 e. The van der Waals surface area contributed by atoms with Gasteiger partial charge in [0.05, 0.1) is 0 Å². The molecule has 0 fully saturated rings. The second-order valence-electron chi connectivity index (χ2n) is 3.36. The number of nitrogens with zero attached hydrogens (tertiary/aromatic N) is 3. The molecule has 0 aliphatic heterocycles. The molecule has 2 aromatic rings. The van der Waals surface area contributed by atoms with Crippen LogP contribution in [0.5, 0.6) is 0 Å². The lowest BCUT2D eigenvalue weighted by Gasteiger charge is -2.04.